The molecule has 1 aliphatic carbocycles. The second kappa shape index (κ2) is 9.62. The van der Waals surface area contributed by atoms with Gasteiger partial charge >= 0.3 is 6.03 Å². The normalized spacial score (nSPS) is 24.7. The Morgan fingerprint density at radius 2 is 2.08 bits per heavy atom. The summed E-state index contributed by atoms with van der Waals surface area (Å²) >= 11 is 0. The molecule has 2 aromatic rings. The van der Waals surface area contributed by atoms with E-state index in [0.29, 0.717) is 11.8 Å². The summed E-state index contributed by atoms with van der Waals surface area (Å²) in [6.07, 6.45) is 7.94. The standard InChI is InChI=1S/C28H42FN9O/c1-18-6-9-37(28(11-18)7-8-28)26(39)32-22-13-31-33-24(22)21-10-23-20(12-30-21)25(34-38(23)17-27(2,3)29)36-15-19(16-36)14-35(4)5/h10,12-13,18-19,24,31,33H,6-9,11,14-17H2,1-5H3,(H,32,39)/t18-,24?/m1/s1. The molecule has 11 heteroatoms. The maximum atomic E-state index is 14.8. The van der Waals surface area contributed by atoms with Crippen LogP contribution in [0.15, 0.2) is 24.2 Å². The third-order valence-corrected chi connectivity index (χ3v) is 8.58. The van der Waals surface area contributed by atoms with Crippen molar-refractivity contribution in [3.8, 4) is 0 Å². The van der Waals surface area contributed by atoms with E-state index in [0.717, 1.165) is 80.0 Å². The van der Waals surface area contributed by atoms with E-state index >= 15 is 0 Å². The van der Waals surface area contributed by atoms with Crippen molar-refractivity contribution in [2.75, 3.05) is 45.2 Å². The van der Waals surface area contributed by atoms with Crippen LogP contribution in [0, 0.1) is 11.8 Å². The first-order chi connectivity index (χ1) is 18.5. The summed E-state index contributed by atoms with van der Waals surface area (Å²) in [4.78, 5) is 24.7. The van der Waals surface area contributed by atoms with Gasteiger partial charge in [0.2, 0.25) is 0 Å². The number of halogens is 1. The van der Waals surface area contributed by atoms with Crippen molar-refractivity contribution >= 4 is 22.8 Å². The first-order valence-electron chi connectivity index (χ1n) is 14.3. The topological polar surface area (TPSA) is 93.6 Å². The minimum Gasteiger partial charge on any atom is -0.354 e. The molecule has 0 bridgehead atoms. The Morgan fingerprint density at radius 3 is 2.77 bits per heavy atom. The number of rotatable bonds is 7. The van der Waals surface area contributed by atoms with E-state index in [-0.39, 0.29) is 24.2 Å². The average Bonchev–Trinajstić information content (AvgIpc) is 3.27. The molecule has 1 saturated carbocycles. The number of nitrogens with one attached hydrogen (secondary N) is 3. The van der Waals surface area contributed by atoms with E-state index in [4.69, 9.17) is 10.1 Å². The Morgan fingerprint density at radius 1 is 1.31 bits per heavy atom. The van der Waals surface area contributed by atoms with Crippen LogP contribution in [-0.2, 0) is 6.54 Å². The fraction of sp³-hybridized carbons (Fsp3) is 0.679. The van der Waals surface area contributed by atoms with Crippen molar-refractivity contribution in [1.82, 2.24) is 40.7 Å². The molecule has 3 aliphatic heterocycles. The fourth-order valence-corrected chi connectivity index (χ4v) is 6.59. The van der Waals surface area contributed by atoms with Crippen LogP contribution in [0.25, 0.3) is 10.9 Å². The minimum atomic E-state index is -1.42. The molecule has 6 rings (SSSR count). The summed E-state index contributed by atoms with van der Waals surface area (Å²) in [5.41, 5.74) is 7.22. The van der Waals surface area contributed by atoms with Crippen LogP contribution >= 0.6 is 0 Å². The SMILES string of the molecule is C[C@@H]1CCN(C(=O)NC2=CNNC2c2cc3c(cn2)c(N2CC(CN(C)C)C2)nn3CC(C)(C)F)C2(CC2)C1. The lowest BCUT2D eigenvalue weighted by atomic mass is 9.91. The fourth-order valence-electron chi connectivity index (χ4n) is 6.59. The van der Waals surface area contributed by atoms with Gasteiger partial charge in [-0.1, -0.05) is 6.92 Å². The van der Waals surface area contributed by atoms with E-state index in [1.165, 1.54) is 0 Å². The Bertz CT molecular complexity index is 1270. The lowest BCUT2D eigenvalue weighted by Gasteiger charge is -2.40. The van der Waals surface area contributed by atoms with E-state index in [1.54, 1.807) is 24.7 Å². The van der Waals surface area contributed by atoms with Gasteiger partial charge in [0.1, 0.15) is 11.7 Å². The van der Waals surface area contributed by atoms with Crippen LogP contribution in [-0.4, -0.2) is 82.1 Å². The number of fused-ring (bicyclic) bond motifs is 1. The Hall–Kier alpha value is -2.92. The molecule has 2 aromatic heterocycles. The number of carbonyl (C=O) groups is 1. The molecule has 10 nitrogen and oxygen atoms in total. The van der Waals surface area contributed by atoms with Gasteiger partial charge in [0.25, 0.3) is 0 Å². The number of alkyl halides is 1. The van der Waals surface area contributed by atoms with Crippen molar-refractivity contribution < 1.29 is 9.18 Å². The number of pyridine rings is 1. The van der Waals surface area contributed by atoms with E-state index in [2.05, 4.69) is 47.0 Å². The molecule has 2 amide bonds. The van der Waals surface area contributed by atoms with Gasteiger partial charge < -0.3 is 25.4 Å². The number of carbonyl (C=O) groups excluding carboxylic acids is 1. The van der Waals surface area contributed by atoms with Crippen LogP contribution in [0.3, 0.4) is 0 Å². The van der Waals surface area contributed by atoms with Crippen molar-refractivity contribution in [1.29, 1.82) is 0 Å². The highest BCUT2D eigenvalue weighted by Crippen LogP contribution is 2.50. The summed E-state index contributed by atoms with van der Waals surface area (Å²) in [6.45, 7) is 9.26. The Kier molecular flexibility index (Phi) is 6.49. The molecule has 2 saturated heterocycles. The van der Waals surface area contributed by atoms with Crippen LogP contribution in [0.1, 0.15) is 58.2 Å². The highest BCUT2D eigenvalue weighted by Gasteiger charge is 2.52. The molecule has 1 spiro atoms. The molecular weight excluding hydrogens is 497 g/mol. The molecule has 3 N–H and O–H groups in total. The number of hydrazine groups is 1. The number of nitrogens with zero attached hydrogens (tertiary/aromatic N) is 6. The largest absolute Gasteiger partial charge is 0.354 e. The van der Waals surface area contributed by atoms with Gasteiger partial charge in [-0.3, -0.25) is 9.67 Å². The summed E-state index contributed by atoms with van der Waals surface area (Å²) < 4.78 is 16.6. The van der Waals surface area contributed by atoms with Gasteiger partial charge in [-0.25, -0.2) is 14.6 Å². The summed E-state index contributed by atoms with van der Waals surface area (Å²) in [5, 5.41) is 8.94. The maximum absolute atomic E-state index is 14.8. The number of piperidine rings is 1. The highest BCUT2D eigenvalue weighted by molar-refractivity contribution is 5.91. The monoisotopic (exact) mass is 539 g/mol. The zero-order valence-corrected chi connectivity index (χ0v) is 23.8. The summed E-state index contributed by atoms with van der Waals surface area (Å²) in [5.74, 6) is 2.11. The van der Waals surface area contributed by atoms with Crippen LogP contribution in [0.5, 0.6) is 0 Å². The van der Waals surface area contributed by atoms with E-state index in [1.807, 2.05) is 17.2 Å². The number of aromatic nitrogens is 3. The number of hydrogen-bond acceptors (Lipinski definition) is 7. The zero-order chi connectivity index (χ0) is 27.5. The number of hydrogen-bond donors (Lipinski definition) is 3. The van der Waals surface area contributed by atoms with E-state index < -0.39 is 5.67 Å². The first-order valence-corrected chi connectivity index (χ1v) is 14.3. The van der Waals surface area contributed by atoms with Crippen molar-refractivity contribution in [3.63, 3.8) is 0 Å². The van der Waals surface area contributed by atoms with Gasteiger partial charge in [0, 0.05) is 50.0 Å². The second-order valence-electron chi connectivity index (χ2n) is 13.1. The molecular formula is C28H42FN9O. The number of amides is 2. The molecule has 3 fully saturated rings. The van der Waals surface area contributed by atoms with Crippen molar-refractivity contribution in [3.05, 3.63) is 29.9 Å². The van der Waals surface area contributed by atoms with Crippen molar-refractivity contribution in [2.24, 2.45) is 11.8 Å². The Labute approximate surface area is 229 Å². The number of urea groups is 1. The highest BCUT2D eigenvalue weighted by atomic mass is 19.1. The quantitative estimate of drug-likeness (QED) is 0.498. The van der Waals surface area contributed by atoms with Gasteiger partial charge in [0.05, 0.1) is 28.8 Å². The summed E-state index contributed by atoms with van der Waals surface area (Å²) in [7, 11) is 4.19. The van der Waals surface area contributed by atoms with Crippen LogP contribution in [0.4, 0.5) is 15.0 Å². The molecule has 5 heterocycles. The third kappa shape index (κ3) is 5.18. The molecule has 212 valence electrons. The maximum Gasteiger partial charge on any atom is 0.322 e. The summed E-state index contributed by atoms with van der Waals surface area (Å²) in [6, 6.07) is 1.60. The predicted molar refractivity (Wildman–Crippen MR) is 150 cm³/mol. The number of anilines is 1. The smallest absolute Gasteiger partial charge is 0.322 e. The lowest BCUT2D eigenvalue weighted by molar-refractivity contribution is 0.120. The minimum absolute atomic E-state index is 0.0406. The van der Waals surface area contributed by atoms with Crippen molar-refractivity contribution in [2.45, 2.75) is 70.2 Å². The van der Waals surface area contributed by atoms with Gasteiger partial charge in [-0.15, -0.1) is 0 Å². The molecule has 1 unspecified atom stereocenters. The average molecular weight is 540 g/mol. The van der Waals surface area contributed by atoms with Gasteiger partial charge in [0.15, 0.2) is 5.82 Å². The zero-order valence-electron chi connectivity index (χ0n) is 23.8. The van der Waals surface area contributed by atoms with E-state index in [9.17, 15) is 9.18 Å². The molecule has 4 aliphatic rings. The third-order valence-electron chi connectivity index (χ3n) is 8.58. The predicted octanol–water partition coefficient (Wildman–Crippen LogP) is 3.14. The molecule has 0 radical (unpaired) electrons. The lowest BCUT2D eigenvalue weighted by Crippen LogP contribution is -2.51. The van der Waals surface area contributed by atoms with Crippen LogP contribution < -0.4 is 21.1 Å². The van der Waals surface area contributed by atoms with Gasteiger partial charge in [-0.05, 0) is 65.6 Å². The number of likely N-dealkylation sites (tertiary alicyclic amines) is 1. The molecule has 39 heavy (non-hydrogen) atoms. The molecule has 2 atom stereocenters. The molecule has 0 aromatic carbocycles. The Balaban J connectivity index is 1.23. The second-order valence-corrected chi connectivity index (χ2v) is 13.1. The van der Waals surface area contributed by atoms with Crippen LogP contribution in [0.2, 0.25) is 0 Å². The van der Waals surface area contributed by atoms with Gasteiger partial charge in [-0.2, -0.15) is 5.10 Å². The first kappa shape index (κ1) is 26.3.